The summed E-state index contributed by atoms with van der Waals surface area (Å²) in [6.45, 7) is 4.06. The lowest BCUT2D eigenvalue weighted by atomic mass is 9.83. The van der Waals surface area contributed by atoms with Crippen molar-refractivity contribution >= 4 is 0 Å². The Hall–Kier alpha value is -1.04. The molecule has 0 amide bonds. The molecular formula is C14H18. The van der Waals surface area contributed by atoms with Gasteiger partial charge in [0, 0.05) is 0 Å². The van der Waals surface area contributed by atoms with Crippen molar-refractivity contribution in [2.45, 2.75) is 32.1 Å². The highest BCUT2D eigenvalue weighted by atomic mass is 14.2. The van der Waals surface area contributed by atoms with Gasteiger partial charge >= 0.3 is 0 Å². The van der Waals surface area contributed by atoms with Gasteiger partial charge in [-0.05, 0) is 43.6 Å². The van der Waals surface area contributed by atoms with E-state index < -0.39 is 0 Å². The molecule has 0 bridgehead atoms. The Kier molecular flexibility index (Phi) is 3.03. The summed E-state index contributed by atoms with van der Waals surface area (Å²) < 4.78 is 0. The van der Waals surface area contributed by atoms with E-state index in [1.165, 1.54) is 43.2 Å². The van der Waals surface area contributed by atoms with Gasteiger partial charge < -0.3 is 0 Å². The zero-order valence-corrected chi connectivity index (χ0v) is 8.71. The Morgan fingerprint density at radius 2 is 1.71 bits per heavy atom. The molecule has 0 heterocycles. The van der Waals surface area contributed by atoms with Crippen LogP contribution in [0.3, 0.4) is 0 Å². The summed E-state index contributed by atoms with van der Waals surface area (Å²) in [5, 5.41) is 0. The zero-order valence-electron chi connectivity index (χ0n) is 8.71. The Morgan fingerprint density at radius 3 is 2.36 bits per heavy atom. The van der Waals surface area contributed by atoms with Gasteiger partial charge in [0.15, 0.2) is 0 Å². The number of hydrogen-bond acceptors (Lipinski definition) is 0. The van der Waals surface area contributed by atoms with Crippen LogP contribution in [-0.4, -0.2) is 0 Å². The standard InChI is InChI=1S/C14H18/c1-12-7-9-14(10-8-12)11-13-5-3-2-4-6-13/h2-6,14H,1,7-11H2. The minimum Gasteiger partial charge on any atom is -0.0999 e. The van der Waals surface area contributed by atoms with Crippen molar-refractivity contribution in [2.24, 2.45) is 5.92 Å². The molecule has 0 aliphatic heterocycles. The van der Waals surface area contributed by atoms with Crippen LogP contribution >= 0.6 is 0 Å². The van der Waals surface area contributed by atoms with E-state index in [1.807, 2.05) is 0 Å². The lowest BCUT2D eigenvalue weighted by Crippen LogP contribution is -2.10. The van der Waals surface area contributed by atoms with Crippen molar-refractivity contribution in [3.05, 3.63) is 48.0 Å². The van der Waals surface area contributed by atoms with E-state index in [4.69, 9.17) is 0 Å². The number of hydrogen-bond donors (Lipinski definition) is 0. The van der Waals surface area contributed by atoms with Crippen molar-refractivity contribution in [3.8, 4) is 0 Å². The summed E-state index contributed by atoms with van der Waals surface area (Å²) in [6.07, 6.45) is 6.44. The van der Waals surface area contributed by atoms with Crippen molar-refractivity contribution in [2.75, 3.05) is 0 Å². The van der Waals surface area contributed by atoms with Crippen molar-refractivity contribution in [3.63, 3.8) is 0 Å². The first-order valence-electron chi connectivity index (χ1n) is 5.55. The summed E-state index contributed by atoms with van der Waals surface area (Å²) in [5.41, 5.74) is 2.94. The summed E-state index contributed by atoms with van der Waals surface area (Å²) in [5.74, 6) is 0.892. The molecular weight excluding hydrogens is 168 g/mol. The van der Waals surface area contributed by atoms with Crippen LogP contribution < -0.4 is 0 Å². The smallest absolute Gasteiger partial charge is 0.0250 e. The number of rotatable bonds is 2. The fourth-order valence-electron chi connectivity index (χ4n) is 2.24. The Labute approximate surface area is 86.7 Å². The average Bonchev–Trinajstić information content (AvgIpc) is 2.23. The summed E-state index contributed by atoms with van der Waals surface area (Å²) in [6, 6.07) is 10.8. The fraction of sp³-hybridized carbons (Fsp3) is 0.429. The lowest BCUT2D eigenvalue weighted by molar-refractivity contribution is 0.408. The summed E-state index contributed by atoms with van der Waals surface area (Å²) in [7, 11) is 0. The number of benzene rings is 1. The van der Waals surface area contributed by atoms with Crippen LogP contribution in [0.1, 0.15) is 31.2 Å². The highest BCUT2D eigenvalue weighted by molar-refractivity contribution is 5.15. The van der Waals surface area contributed by atoms with Crippen LogP contribution in [0.25, 0.3) is 0 Å². The zero-order chi connectivity index (χ0) is 9.80. The van der Waals surface area contributed by atoms with Gasteiger partial charge in [0.25, 0.3) is 0 Å². The molecule has 0 spiro atoms. The van der Waals surface area contributed by atoms with Crippen LogP contribution in [0, 0.1) is 5.92 Å². The predicted octanol–water partition coefficient (Wildman–Crippen LogP) is 3.98. The Morgan fingerprint density at radius 1 is 1.07 bits per heavy atom. The molecule has 0 unspecified atom stereocenters. The summed E-state index contributed by atoms with van der Waals surface area (Å²) in [4.78, 5) is 0. The second-order valence-electron chi connectivity index (χ2n) is 4.38. The third kappa shape index (κ3) is 2.47. The van der Waals surface area contributed by atoms with E-state index in [2.05, 4.69) is 36.9 Å². The molecule has 0 radical (unpaired) electrons. The topological polar surface area (TPSA) is 0 Å². The van der Waals surface area contributed by atoms with E-state index in [0.717, 1.165) is 5.92 Å². The van der Waals surface area contributed by atoms with Gasteiger partial charge in [-0.15, -0.1) is 0 Å². The third-order valence-corrected chi connectivity index (χ3v) is 3.18. The quantitative estimate of drug-likeness (QED) is 0.613. The Balaban J connectivity index is 1.89. The average molecular weight is 186 g/mol. The van der Waals surface area contributed by atoms with Crippen molar-refractivity contribution < 1.29 is 0 Å². The minimum absolute atomic E-state index is 0.892. The Bertz CT molecular complexity index is 287. The van der Waals surface area contributed by atoms with E-state index >= 15 is 0 Å². The molecule has 1 aliphatic carbocycles. The van der Waals surface area contributed by atoms with Gasteiger partial charge in [-0.1, -0.05) is 42.5 Å². The monoisotopic (exact) mass is 186 g/mol. The maximum absolute atomic E-state index is 4.06. The lowest BCUT2D eigenvalue weighted by Gasteiger charge is -2.23. The second-order valence-corrected chi connectivity index (χ2v) is 4.38. The second kappa shape index (κ2) is 4.45. The van der Waals surface area contributed by atoms with Crippen molar-refractivity contribution in [1.82, 2.24) is 0 Å². The van der Waals surface area contributed by atoms with Gasteiger partial charge in [-0.3, -0.25) is 0 Å². The van der Waals surface area contributed by atoms with Crippen LogP contribution in [0.4, 0.5) is 0 Å². The molecule has 0 aromatic heterocycles. The van der Waals surface area contributed by atoms with Crippen LogP contribution in [0.2, 0.25) is 0 Å². The highest BCUT2D eigenvalue weighted by Crippen LogP contribution is 2.29. The van der Waals surface area contributed by atoms with Crippen LogP contribution in [0.15, 0.2) is 42.5 Å². The molecule has 0 N–H and O–H groups in total. The van der Waals surface area contributed by atoms with E-state index in [1.54, 1.807) is 0 Å². The first-order chi connectivity index (χ1) is 6.84. The van der Waals surface area contributed by atoms with Gasteiger partial charge in [0.2, 0.25) is 0 Å². The fourth-order valence-corrected chi connectivity index (χ4v) is 2.24. The SMILES string of the molecule is C=C1CCC(Cc2ccccc2)CC1. The third-order valence-electron chi connectivity index (χ3n) is 3.18. The molecule has 0 heteroatoms. The molecule has 1 aromatic rings. The van der Waals surface area contributed by atoms with E-state index in [9.17, 15) is 0 Å². The molecule has 74 valence electrons. The molecule has 1 aromatic carbocycles. The predicted molar refractivity (Wildman–Crippen MR) is 61.2 cm³/mol. The normalized spacial score (nSPS) is 18.4. The number of allylic oxidation sites excluding steroid dienone is 1. The molecule has 0 nitrogen and oxygen atoms in total. The molecule has 0 saturated heterocycles. The van der Waals surface area contributed by atoms with Crippen LogP contribution in [-0.2, 0) is 6.42 Å². The maximum Gasteiger partial charge on any atom is -0.0250 e. The molecule has 2 rings (SSSR count). The van der Waals surface area contributed by atoms with Gasteiger partial charge in [-0.25, -0.2) is 0 Å². The van der Waals surface area contributed by atoms with Crippen LogP contribution in [0.5, 0.6) is 0 Å². The summed E-state index contributed by atoms with van der Waals surface area (Å²) >= 11 is 0. The largest absolute Gasteiger partial charge is 0.0999 e. The molecule has 1 saturated carbocycles. The minimum atomic E-state index is 0.892. The van der Waals surface area contributed by atoms with E-state index in [-0.39, 0.29) is 0 Å². The first kappa shape index (κ1) is 9.51. The molecule has 1 aliphatic rings. The van der Waals surface area contributed by atoms with Gasteiger partial charge in [0.05, 0.1) is 0 Å². The van der Waals surface area contributed by atoms with E-state index in [0.29, 0.717) is 0 Å². The van der Waals surface area contributed by atoms with Gasteiger partial charge in [0.1, 0.15) is 0 Å². The van der Waals surface area contributed by atoms with Gasteiger partial charge in [-0.2, -0.15) is 0 Å². The molecule has 14 heavy (non-hydrogen) atoms. The highest BCUT2D eigenvalue weighted by Gasteiger charge is 2.15. The van der Waals surface area contributed by atoms with Crippen molar-refractivity contribution in [1.29, 1.82) is 0 Å². The molecule has 0 atom stereocenters. The maximum atomic E-state index is 4.06. The molecule has 1 fully saturated rings. The first-order valence-corrected chi connectivity index (χ1v) is 5.55.